The van der Waals surface area contributed by atoms with Crippen molar-refractivity contribution in [2.75, 3.05) is 20.3 Å². The van der Waals surface area contributed by atoms with Crippen molar-refractivity contribution in [2.24, 2.45) is 5.92 Å². The smallest absolute Gasteiger partial charge is 0.280 e. The van der Waals surface area contributed by atoms with Crippen molar-refractivity contribution in [1.29, 1.82) is 10.8 Å². The van der Waals surface area contributed by atoms with Gasteiger partial charge in [-0.15, -0.1) is 0 Å². The summed E-state index contributed by atoms with van der Waals surface area (Å²) < 4.78 is 37.7. The minimum Gasteiger partial charge on any atom is -0.494 e. The Balaban J connectivity index is 1.66. The van der Waals surface area contributed by atoms with Crippen LogP contribution >= 0.6 is 11.8 Å². The van der Waals surface area contributed by atoms with Crippen LogP contribution in [-0.2, 0) is 4.74 Å². The highest BCUT2D eigenvalue weighted by Crippen LogP contribution is 2.37. The number of nitrogens with zero attached hydrogens (tertiary/aromatic N) is 2. The molecule has 0 spiro atoms. The number of ether oxygens (including phenoxy) is 2. The number of methoxy groups -OCH3 is 1. The molecule has 1 saturated carbocycles. The molecule has 1 amide bonds. The molecule has 2 aromatic rings. The predicted molar refractivity (Wildman–Crippen MR) is 133 cm³/mol. The third-order valence-electron chi connectivity index (χ3n) is 5.83. The Labute approximate surface area is 211 Å². The molecular formula is C25H25F2N5O3S. The number of alkyl halides is 2. The molecule has 36 heavy (non-hydrogen) atoms. The maximum absolute atomic E-state index is 13.5. The van der Waals surface area contributed by atoms with Gasteiger partial charge in [0, 0.05) is 48.1 Å². The number of hydrogen-bond donors (Lipinski definition) is 3. The molecule has 11 heteroatoms. The number of amidine groups is 1. The molecule has 0 atom stereocenters. The van der Waals surface area contributed by atoms with Gasteiger partial charge in [-0.3, -0.25) is 25.6 Å². The van der Waals surface area contributed by atoms with Gasteiger partial charge in [-0.25, -0.2) is 8.78 Å². The zero-order valence-electron chi connectivity index (χ0n) is 19.6. The number of carbonyl (C=O) groups excluding carboxylic acids is 1. The fourth-order valence-corrected chi connectivity index (χ4v) is 4.22. The molecule has 0 aromatic carbocycles. The van der Waals surface area contributed by atoms with Gasteiger partial charge in [0.05, 0.1) is 18.9 Å². The number of amides is 1. The first-order chi connectivity index (χ1) is 17.4. The number of pyridine rings is 2. The van der Waals surface area contributed by atoms with Crippen LogP contribution in [0, 0.1) is 28.6 Å². The quantitative estimate of drug-likeness (QED) is 0.301. The third-order valence-corrected chi connectivity index (χ3v) is 6.44. The van der Waals surface area contributed by atoms with E-state index in [2.05, 4.69) is 27.1 Å². The normalized spacial score (nSPS) is 15.7. The Hall–Kier alpha value is -3.36. The summed E-state index contributed by atoms with van der Waals surface area (Å²) >= 11 is 0.727. The lowest BCUT2D eigenvalue weighted by Gasteiger charge is -2.23. The van der Waals surface area contributed by atoms with Crippen LogP contribution in [0.2, 0.25) is 0 Å². The molecule has 2 aliphatic rings. The standard InChI is InChI=1S/C25H25F2N5O3S/c1-34-21-13-31-20(23(26)27)11-17(21)16-10-19(15-6-8-35-9-7-15)30-12-18(16)24(33)32-25(29)36-22(28)5-4-14-2-3-14/h10-15,23,28H,2-3,6-9H2,1H3,(H2,29,32,33). The van der Waals surface area contributed by atoms with Crippen LogP contribution < -0.4 is 10.1 Å². The lowest BCUT2D eigenvalue weighted by Crippen LogP contribution is -2.29. The molecule has 1 aliphatic carbocycles. The van der Waals surface area contributed by atoms with Crippen molar-refractivity contribution in [2.45, 2.75) is 38.0 Å². The number of thioether (sulfide) groups is 1. The molecule has 0 bridgehead atoms. The van der Waals surface area contributed by atoms with Crippen LogP contribution in [-0.4, -0.2) is 46.4 Å². The second-order valence-electron chi connectivity index (χ2n) is 8.41. The van der Waals surface area contributed by atoms with Gasteiger partial charge < -0.3 is 14.8 Å². The fraction of sp³-hybridized carbons (Fsp3) is 0.400. The summed E-state index contributed by atoms with van der Waals surface area (Å²) in [5, 5.41) is 18.1. The largest absolute Gasteiger partial charge is 0.494 e. The summed E-state index contributed by atoms with van der Waals surface area (Å²) in [6, 6.07) is 2.91. The van der Waals surface area contributed by atoms with Crippen molar-refractivity contribution in [3.05, 3.63) is 41.5 Å². The van der Waals surface area contributed by atoms with Crippen LogP contribution in [0.3, 0.4) is 0 Å². The van der Waals surface area contributed by atoms with E-state index in [1.54, 1.807) is 6.07 Å². The summed E-state index contributed by atoms with van der Waals surface area (Å²) in [7, 11) is 1.39. The molecule has 1 saturated heterocycles. The van der Waals surface area contributed by atoms with E-state index < -0.39 is 18.0 Å². The predicted octanol–water partition coefficient (Wildman–Crippen LogP) is 4.77. The van der Waals surface area contributed by atoms with Crippen LogP contribution in [0.5, 0.6) is 5.75 Å². The minimum atomic E-state index is -2.81. The van der Waals surface area contributed by atoms with Crippen LogP contribution in [0.15, 0.2) is 24.5 Å². The van der Waals surface area contributed by atoms with E-state index in [9.17, 15) is 13.6 Å². The zero-order chi connectivity index (χ0) is 25.7. The van der Waals surface area contributed by atoms with Gasteiger partial charge in [-0.1, -0.05) is 5.92 Å². The highest BCUT2D eigenvalue weighted by atomic mass is 32.2. The van der Waals surface area contributed by atoms with Gasteiger partial charge in [0.25, 0.3) is 12.3 Å². The summed E-state index contributed by atoms with van der Waals surface area (Å²) in [5.41, 5.74) is 0.949. The first-order valence-electron chi connectivity index (χ1n) is 11.4. The summed E-state index contributed by atoms with van der Waals surface area (Å²) in [5.74, 6) is 5.59. The monoisotopic (exact) mass is 513 g/mol. The summed E-state index contributed by atoms with van der Waals surface area (Å²) in [6.45, 7) is 1.17. The Morgan fingerprint density at radius 3 is 2.58 bits per heavy atom. The fourth-order valence-electron chi connectivity index (χ4n) is 3.76. The van der Waals surface area contributed by atoms with E-state index in [1.165, 1.54) is 25.6 Å². The Kier molecular flexibility index (Phi) is 8.28. The van der Waals surface area contributed by atoms with Crippen LogP contribution in [0.4, 0.5) is 8.78 Å². The first kappa shape index (κ1) is 25.7. The summed E-state index contributed by atoms with van der Waals surface area (Å²) in [6.07, 6.45) is 3.31. The highest BCUT2D eigenvalue weighted by Gasteiger charge is 2.24. The minimum absolute atomic E-state index is 0.0437. The van der Waals surface area contributed by atoms with Gasteiger partial charge in [-0.05, 0) is 55.5 Å². The SMILES string of the molecule is COc1cnc(C(F)F)cc1-c1cc(C2CCOCC2)ncc1C(=O)NC(=N)SC(=N)C#CC1CC1. The molecule has 188 valence electrons. The summed E-state index contributed by atoms with van der Waals surface area (Å²) in [4.78, 5) is 21.4. The lowest BCUT2D eigenvalue weighted by molar-refractivity contribution is 0.0844. The Morgan fingerprint density at radius 2 is 1.92 bits per heavy atom. The number of aromatic nitrogens is 2. The molecule has 3 heterocycles. The average molecular weight is 514 g/mol. The topological polar surface area (TPSA) is 121 Å². The molecule has 2 aromatic heterocycles. The van der Waals surface area contributed by atoms with E-state index >= 15 is 0 Å². The molecule has 1 aliphatic heterocycles. The molecular weight excluding hydrogens is 488 g/mol. The Bertz CT molecular complexity index is 1230. The second kappa shape index (κ2) is 11.6. The van der Waals surface area contributed by atoms with Gasteiger partial charge >= 0.3 is 0 Å². The van der Waals surface area contributed by atoms with Crippen molar-refractivity contribution < 1.29 is 23.0 Å². The maximum atomic E-state index is 13.5. The molecule has 0 unspecified atom stereocenters. The van der Waals surface area contributed by atoms with Gasteiger partial charge in [0.2, 0.25) is 0 Å². The first-order valence-corrected chi connectivity index (χ1v) is 12.2. The number of rotatable bonds is 5. The maximum Gasteiger partial charge on any atom is 0.280 e. The van der Waals surface area contributed by atoms with E-state index in [4.69, 9.17) is 20.3 Å². The van der Waals surface area contributed by atoms with E-state index in [-0.39, 0.29) is 33.0 Å². The average Bonchev–Trinajstić information content (AvgIpc) is 3.71. The van der Waals surface area contributed by atoms with Gasteiger partial charge in [0.15, 0.2) is 5.17 Å². The Morgan fingerprint density at radius 1 is 1.17 bits per heavy atom. The molecule has 0 radical (unpaired) electrons. The highest BCUT2D eigenvalue weighted by molar-refractivity contribution is 8.26. The number of nitrogens with one attached hydrogen (secondary N) is 3. The number of hydrogen-bond acceptors (Lipinski definition) is 8. The van der Waals surface area contributed by atoms with E-state index in [0.29, 0.717) is 30.4 Å². The number of halogens is 2. The molecule has 4 rings (SSSR count). The zero-order valence-corrected chi connectivity index (χ0v) is 20.4. The van der Waals surface area contributed by atoms with Gasteiger partial charge in [-0.2, -0.15) is 0 Å². The van der Waals surface area contributed by atoms with Crippen molar-refractivity contribution in [3.63, 3.8) is 0 Å². The molecule has 8 nitrogen and oxygen atoms in total. The molecule has 3 N–H and O–H groups in total. The van der Waals surface area contributed by atoms with E-state index in [1.807, 2.05) is 0 Å². The van der Waals surface area contributed by atoms with Crippen LogP contribution in [0.1, 0.15) is 59.8 Å². The van der Waals surface area contributed by atoms with Crippen molar-refractivity contribution in [1.82, 2.24) is 15.3 Å². The van der Waals surface area contributed by atoms with Gasteiger partial charge in [0.1, 0.15) is 16.5 Å². The molecule has 2 fully saturated rings. The van der Waals surface area contributed by atoms with Crippen molar-refractivity contribution >= 4 is 27.9 Å². The lowest BCUT2D eigenvalue weighted by atomic mass is 9.92. The number of carbonyl (C=O) groups is 1. The third kappa shape index (κ3) is 6.44. The van der Waals surface area contributed by atoms with Crippen molar-refractivity contribution in [3.8, 4) is 28.7 Å². The second-order valence-corrected chi connectivity index (χ2v) is 9.43. The van der Waals surface area contributed by atoms with Crippen LogP contribution in [0.25, 0.3) is 11.1 Å². The van der Waals surface area contributed by atoms with E-state index in [0.717, 1.165) is 37.4 Å².